The number of amides is 1. The molecule has 1 aliphatic rings. The SMILES string of the molecule is N/C(=N/O)C1(NC(=O)c2c[nH]ccc2=O)CCCCCC1. The molecule has 1 fully saturated rings. The highest BCUT2D eigenvalue weighted by Crippen LogP contribution is 2.27. The number of aromatic amines is 1. The molecule has 0 bridgehead atoms. The Bertz CT molecular complexity index is 586. The van der Waals surface area contributed by atoms with Gasteiger partial charge in [-0.3, -0.25) is 9.59 Å². The van der Waals surface area contributed by atoms with Crippen molar-refractivity contribution in [1.29, 1.82) is 0 Å². The maximum absolute atomic E-state index is 12.3. The van der Waals surface area contributed by atoms with Crippen molar-refractivity contribution >= 4 is 11.7 Å². The van der Waals surface area contributed by atoms with Gasteiger partial charge in [0.2, 0.25) is 0 Å². The topological polar surface area (TPSA) is 121 Å². The number of nitrogens with zero attached hydrogens (tertiary/aromatic N) is 1. The molecule has 0 spiro atoms. The van der Waals surface area contributed by atoms with Crippen molar-refractivity contribution in [2.24, 2.45) is 10.9 Å². The molecule has 114 valence electrons. The van der Waals surface area contributed by atoms with Crippen molar-refractivity contribution < 1.29 is 10.0 Å². The largest absolute Gasteiger partial charge is 0.409 e. The molecule has 0 aliphatic heterocycles. The summed E-state index contributed by atoms with van der Waals surface area (Å²) in [5.74, 6) is -0.518. The number of aromatic nitrogens is 1. The summed E-state index contributed by atoms with van der Waals surface area (Å²) in [6.45, 7) is 0. The summed E-state index contributed by atoms with van der Waals surface area (Å²) in [5, 5.41) is 14.9. The van der Waals surface area contributed by atoms with E-state index in [9.17, 15) is 9.59 Å². The lowest BCUT2D eigenvalue weighted by Gasteiger charge is -2.32. The Morgan fingerprint density at radius 1 is 1.33 bits per heavy atom. The Morgan fingerprint density at radius 3 is 2.57 bits per heavy atom. The molecular weight excluding hydrogens is 272 g/mol. The molecule has 1 amide bonds. The van der Waals surface area contributed by atoms with Gasteiger partial charge in [0, 0.05) is 18.5 Å². The number of carbonyl (C=O) groups is 1. The molecule has 0 saturated heterocycles. The lowest BCUT2D eigenvalue weighted by molar-refractivity contribution is 0.0914. The number of nitrogens with one attached hydrogen (secondary N) is 2. The third-order valence-electron chi connectivity index (χ3n) is 3.98. The Kier molecular flexibility index (Phi) is 4.62. The zero-order valence-corrected chi connectivity index (χ0v) is 11.8. The minimum atomic E-state index is -0.884. The zero-order chi connectivity index (χ0) is 15.3. The van der Waals surface area contributed by atoms with E-state index in [2.05, 4.69) is 15.5 Å². The monoisotopic (exact) mass is 292 g/mol. The molecule has 21 heavy (non-hydrogen) atoms. The predicted octanol–water partition coefficient (Wildman–Crippen LogP) is 0.944. The number of hydrogen-bond donors (Lipinski definition) is 4. The highest BCUT2D eigenvalue weighted by molar-refractivity contribution is 6.00. The number of carbonyl (C=O) groups excluding carboxylic acids is 1. The Morgan fingerprint density at radius 2 is 2.00 bits per heavy atom. The Labute approximate surface area is 122 Å². The highest BCUT2D eigenvalue weighted by Gasteiger charge is 2.37. The molecule has 2 rings (SSSR count). The second-order valence-electron chi connectivity index (χ2n) is 5.36. The van der Waals surface area contributed by atoms with Crippen LogP contribution in [0.15, 0.2) is 28.4 Å². The van der Waals surface area contributed by atoms with E-state index in [-0.39, 0.29) is 16.8 Å². The van der Waals surface area contributed by atoms with Gasteiger partial charge in [0.1, 0.15) is 11.1 Å². The molecule has 5 N–H and O–H groups in total. The van der Waals surface area contributed by atoms with Gasteiger partial charge in [-0.25, -0.2) is 0 Å². The highest BCUT2D eigenvalue weighted by atomic mass is 16.4. The first-order chi connectivity index (χ1) is 10.1. The number of H-pyrrole nitrogens is 1. The van der Waals surface area contributed by atoms with Gasteiger partial charge in [0.25, 0.3) is 5.91 Å². The first-order valence-corrected chi connectivity index (χ1v) is 7.07. The van der Waals surface area contributed by atoms with E-state index >= 15 is 0 Å². The minimum absolute atomic E-state index is 0.00916. The van der Waals surface area contributed by atoms with Gasteiger partial charge >= 0.3 is 0 Å². The molecule has 1 aromatic rings. The van der Waals surface area contributed by atoms with Crippen LogP contribution in [0.25, 0.3) is 0 Å². The van der Waals surface area contributed by atoms with Gasteiger partial charge in [0.05, 0.1) is 0 Å². The average molecular weight is 292 g/mol. The van der Waals surface area contributed by atoms with Gasteiger partial charge in [-0.05, 0) is 12.8 Å². The molecule has 0 aromatic carbocycles. The molecular formula is C14H20N4O3. The van der Waals surface area contributed by atoms with Gasteiger partial charge < -0.3 is 21.2 Å². The van der Waals surface area contributed by atoms with Gasteiger partial charge in [-0.15, -0.1) is 0 Å². The summed E-state index contributed by atoms with van der Waals surface area (Å²) in [6.07, 6.45) is 7.85. The molecule has 1 saturated carbocycles. The molecule has 7 heteroatoms. The van der Waals surface area contributed by atoms with Crippen LogP contribution in [-0.2, 0) is 0 Å². The summed E-state index contributed by atoms with van der Waals surface area (Å²) in [7, 11) is 0. The zero-order valence-electron chi connectivity index (χ0n) is 11.8. The van der Waals surface area contributed by atoms with Crippen LogP contribution in [0.3, 0.4) is 0 Å². The maximum atomic E-state index is 12.3. The smallest absolute Gasteiger partial charge is 0.257 e. The van der Waals surface area contributed by atoms with Crippen LogP contribution in [0.2, 0.25) is 0 Å². The van der Waals surface area contributed by atoms with Crippen molar-refractivity contribution in [1.82, 2.24) is 10.3 Å². The average Bonchev–Trinajstić information content (AvgIpc) is 2.73. The van der Waals surface area contributed by atoms with E-state index in [0.717, 1.165) is 25.7 Å². The number of nitrogens with two attached hydrogens (primary N) is 1. The fraction of sp³-hybridized carbons (Fsp3) is 0.500. The second-order valence-corrected chi connectivity index (χ2v) is 5.36. The Hall–Kier alpha value is -2.31. The fourth-order valence-electron chi connectivity index (χ4n) is 2.75. The van der Waals surface area contributed by atoms with E-state index in [1.54, 1.807) is 0 Å². The Balaban J connectivity index is 2.29. The maximum Gasteiger partial charge on any atom is 0.257 e. The summed E-state index contributed by atoms with van der Waals surface area (Å²) >= 11 is 0. The van der Waals surface area contributed by atoms with Crippen molar-refractivity contribution in [2.75, 3.05) is 0 Å². The normalized spacial score (nSPS) is 18.8. The quantitative estimate of drug-likeness (QED) is 0.218. The minimum Gasteiger partial charge on any atom is -0.409 e. The summed E-state index contributed by atoms with van der Waals surface area (Å²) in [5.41, 5.74) is 4.59. The second kappa shape index (κ2) is 6.43. The van der Waals surface area contributed by atoms with E-state index in [1.807, 2.05) is 0 Å². The van der Waals surface area contributed by atoms with Crippen molar-refractivity contribution in [3.63, 3.8) is 0 Å². The number of rotatable bonds is 3. The van der Waals surface area contributed by atoms with Crippen LogP contribution in [-0.4, -0.2) is 27.5 Å². The number of hydrogen-bond acceptors (Lipinski definition) is 4. The fourth-order valence-corrected chi connectivity index (χ4v) is 2.75. The first kappa shape index (κ1) is 15.1. The van der Waals surface area contributed by atoms with Crippen LogP contribution in [0.4, 0.5) is 0 Å². The van der Waals surface area contributed by atoms with Gasteiger partial charge in [-0.2, -0.15) is 0 Å². The van der Waals surface area contributed by atoms with Gasteiger partial charge in [0.15, 0.2) is 11.3 Å². The first-order valence-electron chi connectivity index (χ1n) is 7.07. The number of amidine groups is 1. The third kappa shape index (κ3) is 3.24. The van der Waals surface area contributed by atoms with Crippen molar-refractivity contribution in [3.05, 3.63) is 34.2 Å². The summed E-state index contributed by atoms with van der Waals surface area (Å²) in [4.78, 5) is 26.8. The van der Waals surface area contributed by atoms with E-state index in [0.29, 0.717) is 12.8 Å². The molecule has 1 aliphatic carbocycles. The third-order valence-corrected chi connectivity index (χ3v) is 3.98. The van der Waals surface area contributed by atoms with Crippen LogP contribution in [0.5, 0.6) is 0 Å². The van der Waals surface area contributed by atoms with E-state index in [4.69, 9.17) is 10.9 Å². The molecule has 0 unspecified atom stereocenters. The van der Waals surface area contributed by atoms with E-state index in [1.165, 1.54) is 18.5 Å². The van der Waals surface area contributed by atoms with Gasteiger partial charge in [-0.1, -0.05) is 30.8 Å². The number of oxime groups is 1. The van der Waals surface area contributed by atoms with Crippen molar-refractivity contribution in [3.8, 4) is 0 Å². The summed E-state index contributed by atoms with van der Waals surface area (Å²) in [6, 6.07) is 1.29. The molecule has 7 nitrogen and oxygen atoms in total. The van der Waals surface area contributed by atoms with Crippen LogP contribution < -0.4 is 16.5 Å². The standard InChI is InChI=1S/C14H20N4O3/c15-13(18-21)14(6-3-1-2-4-7-14)17-12(20)10-9-16-8-5-11(10)19/h5,8-9,21H,1-4,6-7H2,(H2,15,18)(H,16,19)(H,17,20). The van der Waals surface area contributed by atoms with E-state index < -0.39 is 11.4 Å². The molecule has 0 radical (unpaired) electrons. The van der Waals surface area contributed by atoms with Crippen LogP contribution in [0, 0.1) is 0 Å². The lowest BCUT2D eigenvalue weighted by Crippen LogP contribution is -2.57. The van der Waals surface area contributed by atoms with Crippen LogP contribution >= 0.6 is 0 Å². The molecule has 1 aromatic heterocycles. The lowest BCUT2D eigenvalue weighted by atomic mass is 9.88. The summed E-state index contributed by atoms with van der Waals surface area (Å²) < 4.78 is 0. The molecule has 1 heterocycles. The predicted molar refractivity (Wildman–Crippen MR) is 78.4 cm³/mol. The number of pyridine rings is 1. The van der Waals surface area contributed by atoms with Crippen molar-refractivity contribution in [2.45, 2.75) is 44.1 Å². The molecule has 0 atom stereocenters. The van der Waals surface area contributed by atoms with Crippen LogP contribution in [0.1, 0.15) is 48.9 Å².